The molecule has 5 heteroatoms. The van der Waals surface area contributed by atoms with Crippen molar-refractivity contribution in [2.24, 2.45) is 0 Å². The number of hydrogen-bond acceptors (Lipinski definition) is 3. The number of carbonyl (C=O) groups excluding carboxylic acids is 1. The van der Waals surface area contributed by atoms with Gasteiger partial charge in [0.15, 0.2) is 0 Å². The van der Waals surface area contributed by atoms with Gasteiger partial charge < -0.3 is 14.2 Å². The van der Waals surface area contributed by atoms with Crippen LogP contribution in [-0.4, -0.2) is 41.7 Å². The molecule has 1 saturated heterocycles. The van der Waals surface area contributed by atoms with E-state index in [4.69, 9.17) is 4.74 Å². The summed E-state index contributed by atoms with van der Waals surface area (Å²) in [5.41, 5.74) is 0.841. The lowest BCUT2D eigenvalue weighted by Crippen LogP contribution is -2.39. The van der Waals surface area contributed by atoms with Gasteiger partial charge in [0.25, 0.3) is 5.56 Å². The van der Waals surface area contributed by atoms with Crippen LogP contribution in [0.25, 0.3) is 0 Å². The summed E-state index contributed by atoms with van der Waals surface area (Å²) < 4.78 is 6.81. The quantitative estimate of drug-likeness (QED) is 0.813. The molecule has 1 aromatic heterocycles. The van der Waals surface area contributed by atoms with Crippen molar-refractivity contribution in [1.82, 2.24) is 9.47 Å². The molecule has 20 heavy (non-hydrogen) atoms. The van der Waals surface area contributed by atoms with E-state index in [1.165, 1.54) is 6.07 Å². The normalized spacial score (nSPS) is 18.5. The molecule has 2 rings (SSSR count). The molecule has 0 N–H and O–H groups in total. The van der Waals surface area contributed by atoms with Crippen molar-refractivity contribution in [3.8, 4) is 0 Å². The minimum Gasteiger partial charge on any atom is -0.383 e. The minimum absolute atomic E-state index is 0.0485. The zero-order chi connectivity index (χ0) is 14.5. The monoisotopic (exact) mass is 278 g/mol. The van der Waals surface area contributed by atoms with E-state index in [9.17, 15) is 9.59 Å². The second-order valence-corrected chi connectivity index (χ2v) is 5.25. The maximum Gasteiger partial charge on any atom is 0.250 e. The van der Waals surface area contributed by atoms with Gasteiger partial charge in [-0.3, -0.25) is 9.59 Å². The lowest BCUT2D eigenvalue weighted by molar-refractivity contribution is -0.133. The van der Waals surface area contributed by atoms with Crippen LogP contribution >= 0.6 is 0 Å². The molecule has 1 atom stereocenters. The van der Waals surface area contributed by atoms with Gasteiger partial charge in [0.2, 0.25) is 5.91 Å². The number of amides is 1. The fourth-order valence-corrected chi connectivity index (χ4v) is 2.79. The van der Waals surface area contributed by atoms with Crippen molar-refractivity contribution < 1.29 is 9.53 Å². The van der Waals surface area contributed by atoms with Crippen molar-refractivity contribution in [2.75, 3.05) is 20.3 Å². The lowest BCUT2D eigenvalue weighted by Gasteiger charge is -2.24. The van der Waals surface area contributed by atoms with E-state index in [1.807, 2.05) is 17.9 Å². The number of nitrogens with zero attached hydrogens (tertiary/aromatic N) is 2. The van der Waals surface area contributed by atoms with Gasteiger partial charge >= 0.3 is 0 Å². The molecule has 1 amide bonds. The molecule has 0 unspecified atom stereocenters. The smallest absolute Gasteiger partial charge is 0.250 e. The van der Waals surface area contributed by atoms with Crippen molar-refractivity contribution in [1.29, 1.82) is 0 Å². The summed E-state index contributed by atoms with van der Waals surface area (Å²) in [5.74, 6) is 0.111. The van der Waals surface area contributed by atoms with E-state index < -0.39 is 0 Å². The molecule has 0 aromatic carbocycles. The summed E-state index contributed by atoms with van der Waals surface area (Å²) in [6, 6.07) is 5.35. The SMILES string of the molecule is COC[C@H]1CCCN1C(=O)CCn1c(C)cccc1=O. The molecule has 5 nitrogen and oxygen atoms in total. The summed E-state index contributed by atoms with van der Waals surface area (Å²) >= 11 is 0. The number of ether oxygens (including phenoxy) is 1. The Morgan fingerprint density at radius 3 is 2.95 bits per heavy atom. The molecule has 0 bridgehead atoms. The molecule has 1 aromatic rings. The highest BCUT2D eigenvalue weighted by Crippen LogP contribution is 2.18. The molecule has 0 radical (unpaired) electrons. The van der Waals surface area contributed by atoms with E-state index in [1.54, 1.807) is 17.7 Å². The number of hydrogen-bond donors (Lipinski definition) is 0. The Kier molecular flexibility index (Phi) is 4.95. The molecular formula is C15H22N2O3. The highest BCUT2D eigenvalue weighted by Gasteiger charge is 2.28. The summed E-state index contributed by atoms with van der Waals surface area (Å²) in [4.78, 5) is 25.9. The molecular weight excluding hydrogens is 256 g/mol. The van der Waals surface area contributed by atoms with Gasteiger partial charge in [0, 0.05) is 38.4 Å². The topological polar surface area (TPSA) is 51.5 Å². The fraction of sp³-hybridized carbons (Fsp3) is 0.600. The summed E-state index contributed by atoms with van der Waals surface area (Å²) in [6.45, 7) is 3.72. The predicted molar refractivity (Wildman–Crippen MR) is 76.7 cm³/mol. The van der Waals surface area contributed by atoms with Gasteiger partial charge in [-0.1, -0.05) is 6.07 Å². The van der Waals surface area contributed by atoms with Crippen molar-refractivity contribution in [2.45, 2.75) is 38.8 Å². The third kappa shape index (κ3) is 3.28. The summed E-state index contributed by atoms with van der Waals surface area (Å²) in [5, 5.41) is 0. The second kappa shape index (κ2) is 6.70. The average molecular weight is 278 g/mol. The van der Waals surface area contributed by atoms with Crippen LogP contribution in [0.3, 0.4) is 0 Å². The van der Waals surface area contributed by atoms with Crippen molar-refractivity contribution in [3.63, 3.8) is 0 Å². The first-order valence-corrected chi connectivity index (χ1v) is 7.08. The Hall–Kier alpha value is -1.62. The van der Waals surface area contributed by atoms with Crippen LogP contribution in [0.1, 0.15) is 25.0 Å². The molecule has 0 spiro atoms. The largest absolute Gasteiger partial charge is 0.383 e. The Bertz CT molecular complexity index is 524. The number of carbonyl (C=O) groups is 1. The predicted octanol–water partition coefficient (Wildman–Crippen LogP) is 1.18. The lowest BCUT2D eigenvalue weighted by atomic mass is 10.2. The zero-order valence-electron chi connectivity index (χ0n) is 12.2. The Labute approximate surface area is 119 Å². The van der Waals surface area contributed by atoms with Gasteiger partial charge in [-0.15, -0.1) is 0 Å². The number of likely N-dealkylation sites (tertiary alicyclic amines) is 1. The standard InChI is InChI=1S/C15H22N2O3/c1-12-5-3-7-14(18)16(12)10-8-15(19)17-9-4-6-13(17)11-20-2/h3,5,7,13H,4,6,8-11H2,1-2H3/t13-/m1/s1. The van der Waals surface area contributed by atoms with Crippen LogP contribution in [0, 0.1) is 6.92 Å². The van der Waals surface area contributed by atoms with Crippen LogP contribution in [0.5, 0.6) is 0 Å². The van der Waals surface area contributed by atoms with E-state index >= 15 is 0 Å². The number of methoxy groups -OCH3 is 1. The summed E-state index contributed by atoms with van der Waals surface area (Å²) in [7, 11) is 1.66. The Morgan fingerprint density at radius 1 is 1.45 bits per heavy atom. The van der Waals surface area contributed by atoms with Crippen LogP contribution in [0.4, 0.5) is 0 Å². The second-order valence-electron chi connectivity index (χ2n) is 5.25. The highest BCUT2D eigenvalue weighted by molar-refractivity contribution is 5.76. The first-order chi connectivity index (χ1) is 9.63. The van der Waals surface area contributed by atoms with Gasteiger partial charge in [0.05, 0.1) is 12.6 Å². The minimum atomic E-state index is -0.0485. The molecule has 1 fully saturated rings. The van der Waals surface area contributed by atoms with Gasteiger partial charge in [-0.05, 0) is 25.8 Å². The molecule has 1 aliphatic heterocycles. The molecule has 110 valence electrons. The van der Waals surface area contributed by atoms with Crippen LogP contribution < -0.4 is 5.56 Å². The maximum atomic E-state index is 12.3. The van der Waals surface area contributed by atoms with Crippen molar-refractivity contribution in [3.05, 3.63) is 34.2 Å². The van der Waals surface area contributed by atoms with Gasteiger partial charge in [0.1, 0.15) is 0 Å². The number of aromatic nitrogens is 1. The number of rotatable bonds is 5. The summed E-state index contributed by atoms with van der Waals surface area (Å²) in [6.07, 6.45) is 2.40. The zero-order valence-corrected chi connectivity index (χ0v) is 12.2. The van der Waals surface area contributed by atoms with Crippen molar-refractivity contribution >= 4 is 5.91 Å². The highest BCUT2D eigenvalue weighted by atomic mass is 16.5. The Balaban J connectivity index is 1.97. The first kappa shape index (κ1) is 14.8. The third-order valence-corrected chi connectivity index (χ3v) is 3.87. The molecule has 2 heterocycles. The Morgan fingerprint density at radius 2 is 2.25 bits per heavy atom. The third-order valence-electron chi connectivity index (χ3n) is 3.87. The van der Waals surface area contributed by atoms with E-state index in [-0.39, 0.29) is 17.5 Å². The molecule has 1 aliphatic rings. The molecule has 0 aliphatic carbocycles. The van der Waals surface area contributed by atoms with E-state index in [0.29, 0.717) is 19.6 Å². The molecule has 0 saturated carbocycles. The maximum absolute atomic E-state index is 12.3. The van der Waals surface area contributed by atoms with Gasteiger partial charge in [-0.25, -0.2) is 0 Å². The number of pyridine rings is 1. The van der Waals surface area contributed by atoms with Gasteiger partial charge in [-0.2, -0.15) is 0 Å². The van der Waals surface area contributed by atoms with E-state index in [2.05, 4.69) is 0 Å². The number of aryl methyl sites for hydroxylation is 1. The first-order valence-electron chi connectivity index (χ1n) is 7.08. The van der Waals surface area contributed by atoms with Crippen LogP contribution in [0.15, 0.2) is 23.0 Å². The fourth-order valence-electron chi connectivity index (χ4n) is 2.79. The van der Waals surface area contributed by atoms with Crippen LogP contribution in [0.2, 0.25) is 0 Å². The van der Waals surface area contributed by atoms with E-state index in [0.717, 1.165) is 25.1 Å². The van der Waals surface area contributed by atoms with Crippen LogP contribution in [-0.2, 0) is 16.1 Å². The average Bonchev–Trinajstić information content (AvgIpc) is 2.87.